The average Bonchev–Trinajstić information content (AvgIpc) is 2.52. The lowest BCUT2D eigenvalue weighted by Gasteiger charge is -2.37. The number of rotatable bonds is 4. The molecule has 0 aliphatic carbocycles. The number of alkyl halides is 3. The molecule has 1 amide bonds. The van der Waals surface area contributed by atoms with E-state index < -0.39 is 29.7 Å². The first-order valence-corrected chi connectivity index (χ1v) is 8.51. The predicted octanol–water partition coefficient (Wildman–Crippen LogP) is 3.51. The smallest absolute Gasteiger partial charge is 0.416 e. The van der Waals surface area contributed by atoms with E-state index in [-0.39, 0.29) is 11.7 Å². The lowest BCUT2D eigenvalue weighted by atomic mass is 9.90. The SMILES string of the molecule is C[C@@H]1[C@H](C(=O)O)CCCN1C(=O)CSc1cccc(C(F)(F)F)c1. The number of hydrogen-bond acceptors (Lipinski definition) is 3. The van der Waals surface area contributed by atoms with Crippen LogP contribution in [0.1, 0.15) is 25.3 Å². The minimum atomic E-state index is -4.42. The van der Waals surface area contributed by atoms with Gasteiger partial charge in [-0.05, 0) is 38.0 Å². The van der Waals surface area contributed by atoms with Crippen LogP contribution in [-0.2, 0) is 15.8 Å². The van der Waals surface area contributed by atoms with E-state index in [9.17, 15) is 27.9 Å². The number of nitrogens with zero attached hydrogens (tertiary/aromatic N) is 1. The first-order chi connectivity index (χ1) is 11.2. The molecule has 4 nitrogen and oxygen atoms in total. The van der Waals surface area contributed by atoms with Crippen molar-refractivity contribution >= 4 is 23.6 Å². The zero-order chi connectivity index (χ0) is 17.9. The molecule has 0 unspecified atom stereocenters. The maximum Gasteiger partial charge on any atom is 0.416 e. The minimum Gasteiger partial charge on any atom is -0.481 e. The van der Waals surface area contributed by atoms with Crippen LogP contribution in [0, 0.1) is 5.92 Å². The highest BCUT2D eigenvalue weighted by molar-refractivity contribution is 8.00. The molecule has 1 heterocycles. The van der Waals surface area contributed by atoms with Gasteiger partial charge in [-0.1, -0.05) is 6.07 Å². The molecule has 0 spiro atoms. The zero-order valence-electron chi connectivity index (χ0n) is 13.0. The first kappa shape index (κ1) is 18.6. The van der Waals surface area contributed by atoms with E-state index in [4.69, 9.17) is 0 Å². The van der Waals surface area contributed by atoms with Crippen LogP contribution in [0.3, 0.4) is 0 Å². The minimum absolute atomic E-state index is 0.0159. The summed E-state index contributed by atoms with van der Waals surface area (Å²) in [6.45, 7) is 2.18. The van der Waals surface area contributed by atoms with E-state index in [1.807, 2.05) is 0 Å². The van der Waals surface area contributed by atoms with Crippen LogP contribution in [0.4, 0.5) is 13.2 Å². The summed E-state index contributed by atoms with van der Waals surface area (Å²) >= 11 is 1.03. The van der Waals surface area contributed by atoms with E-state index in [2.05, 4.69) is 0 Å². The van der Waals surface area contributed by atoms with Crippen molar-refractivity contribution in [3.05, 3.63) is 29.8 Å². The molecule has 1 fully saturated rings. The van der Waals surface area contributed by atoms with E-state index in [1.54, 1.807) is 6.92 Å². The molecule has 0 radical (unpaired) electrons. The maximum atomic E-state index is 12.7. The van der Waals surface area contributed by atoms with Gasteiger partial charge in [-0.15, -0.1) is 11.8 Å². The number of carbonyl (C=O) groups excluding carboxylic acids is 1. The lowest BCUT2D eigenvalue weighted by Crippen LogP contribution is -2.49. The maximum absolute atomic E-state index is 12.7. The van der Waals surface area contributed by atoms with E-state index in [0.717, 1.165) is 23.9 Å². The molecule has 1 aromatic rings. The molecular formula is C16H18F3NO3S. The Morgan fingerprint density at radius 2 is 2.08 bits per heavy atom. The third-order valence-electron chi connectivity index (χ3n) is 4.15. The summed E-state index contributed by atoms with van der Waals surface area (Å²) in [5.74, 6) is -1.79. The number of amides is 1. The van der Waals surface area contributed by atoms with Crippen LogP contribution in [-0.4, -0.2) is 40.2 Å². The van der Waals surface area contributed by atoms with Gasteiger partial charge in [0.05, 0.1) is 17.2 Å². The van der Waals surface area contributed by atoms with Crippen molar-refractivity contribution in [2.75, 3.05) is 12.3 Å². The molecule has 1 N–H and O–H groups in total. The molecule has 1 aromatic carbocycles. The highest BCUT2D eigenvalue weighted by Gasteiger charge is 2.35. The van der Waals surface area contributed by atoms with Crippen LogP contribution >= 0.6 is 11.8 Å². The summed E-state index contributed by atoms with van der Waals surface area (Å²) in [5.41, 5.74) is -0.753. The van der Waals surface area contributed by atoms with Crippen LogP contribution in [0.5, 0.6) is 0 Å². The number of piperidine rings is 1. The number of aliphatic carboxylic acids is 1. The van der Waals surface area contributed by atoms with Gasteiger partial charge >= 0.3 is 12.1 Å². The Morgan fingerprint density at radius 3 is 2.71 bits per heavy atom. The van der Waals surface area contributed by atoms with Crippen molar-refractivity contribution in [3.8, 4) is 0 Å². The third-order valence-corrected chi connectivity index (χ3v) is 5.13. The summed E-state index contributed by atoms with van der Waals surface area (Å²) in [7, 11) is 0. The van der Waals surface area contributed by atoms with Gasteiger partial charge in [-0.3, -0.25) is 9.59 Å². The van der Waals surface area contributed by atoms with Gasteiger partial charge < -0.3 is 10.0 Å². The Balaban J connectivity index is 1.99. The number of carboxylic acids is 1. The predicted molar refractivity (Wildman–Crippen MR) is 83.7 cm³/mol. The molecular weight excluding hydrogens is 343 g/mol. The first-order valence-electron chi connectivity index (χ1n) is 7.52. The molecule has 2 atom stereocenters. The number of likely N-dealkylation sites (tertiary alicyclic amines) is 1. The topological polar surface area (TPSA) is 57.6 Å². The molecule has 8 heteroatoms. The molecule has 1 aliphatic heterocycles. The fourth-order valence-electron chi connectivity index (χ4n) is 2.82. The summed E-state index contributed by atoms with van der Waals surface area (Å²) in [6, 6.07) is 4.41. The average molecular weight is 361 g/mol. The van der Waals surface area contributed by atoms with Gasteiger partial charge in [0.1, 0.15) is 0 Å². The highest BCUT2D eigenvalue weighted by atomic mass is 32.2. The molecule has 2 rings (SSSR count). The molecule has 0 bridgehead atoms. The van der Waals surface area contributed by atoms with Crippen molar-refractivity contribution in [2.24, 2.45) is 5.92 Å². The number of thioether (sulfide) groups is 1. The summed E-state index contributed by atoms with van der Waals surface area (Å²) in [5, 5.41) is 9.17. The monoisotopic (exact) mass is 361 g/mol. The van der Waals surface area contributed by atoms with E-state index in [0.29, 0.717) is 24.3 Å². The van der Waals surface area contributed by atoms with Crippen molar-refractivity contribution < 1.29 is 27.9 Å². The molecule has 1 aliphatic rings. The van der Waals surface area contributed by atoms with Gasteiger partial charge in [0.2, 0.25) is 5.91 Å². The Morgan fingerprint density at radius 1 is 1.38 bits per heavy atom. The Kier molecular flexibility index (Phi) is 5.79. The lowest BCUT2D eigenvalue weighted by molar-refractivity contribution is -0.148. The van der Waals surface area contributed by atoms with Crippen LogP contribution in [0.25, 0.3) is 0 Å². The molecule has 0 aromatic heterocycles. The number of carbonyl (C=O) groups is 2. The van der Waals surface area contributed by atoms with Gasteiger partial charge in [-0.25, -0.2) is 0 Å². The van der Waals surface area contributed by atoms with Crippen molar-refractivity contribution in [1.29, 1.82) is 0 Å². The Labute approximate surface area is 142 Å². The van der Waals surface area contributed by atoms with Crippen molar-refractivity contribution in [3.63, 3.8) is 0 Å². The van der Waals surface area contributed by atoms with Crippen LogP contribution < -0.4 is 0 Å². The quantitative estimate of drug-likeness (QED) is 0.834. The third kappa shape index (κ3) is 4.43. The van der Waals surface area contributed by atoms with Crippen molar-refractivity contribution in [2.45, 2.75) is 36.9 Å². The van der Waals surface area contributed by atoms with E-state index in [1.165, 1.54) is 17.0 Å². The van der Waals surface area contributed by atoms with Gasteiger partial charge in [0.15, 0.2) is 0 Å². The Hall–Kier alpha value is -1.70. The molecule has 1 saturated heterocycles. The van der Waals surface area contributed by atoms with E-state index >= 15 is 0 Å². The second-order valence-corrected chi connectivity index (χ2v) is 6.78. The number of halogens is 3. The largest absolute Gasteiger partial charge is 0.481 e. The number of carboxylic acid groups (broad SMARTS) is 1. The fraction of sp³-hybridized carbons (Fsp3) is 0.500. The zero-order valence-corrected chi connectivity index (χ0v) is 13.9. The highest BCUT2D eigenvalue weighted by Crippen LogP contribution is 2.32. The van der Waals surface area contributed by atoms with Crippen LogP contribution in [0.15, 0.2) is 29.2 Å². The normalized spacial score (nSPS) is 21.6. The number of hydrogen-bond donors (Lipinski definition) is 1. The van der Waals surface area contributed by atoms with Gasteiger partial charge in [0.25, 0.3) is 0 Å². The standard InChI is InChI=1S/C16H18F3NO3S/c1-10-13(15(22)23)6-3-7-20(10)14(21)9-24-12-5-2-4-11(8-12)16(17,18)19/h2,4-5,8,10,13H,3,6-7,9H2,1H3,(H,22,23)/t10-,13-/m1/s1. The fourth-order valence-corrected chi connectivity index (χ4v) is 3.66. The van der Waals surface area contributed by atoms with Gasteiger partial charge in [0, 0.05) is 17.5 Å². The molecule has 132 valence electrons. The Bertz CT molecular complexity index is 621. The number of benzene rings is 1. The van der Waals surface area contributed by atoms with Crippen LogP contribution in [0.2, 0.25) is 0 Å². The van der Waals surface area contributed by atoms with Crippen molar-refractivity contribution in [1.82, 2.24) is 4.90 Å². The second-order valence-electron chi connectivity index (χ2n) is 5.73. The summed E-state index contributed by atoms with van der Waals surface area (Å²) in [6.07, 6.45) is -3.28. The second kappa shape index (κ2) is 7.46. The molecule has 0 saturated carbocycles. The summed E-state index contributed by atoms with van der Waals surface area (Å²) < 4.78 is 38.1. The van der Waals surface area contributed by atoms with Gasteiger partial charge in [-0.2, -0.15) is 13.2 Å². The summed E-state index contributed by atoms with van der Waals surface area (Å²) in [4.78, 5) is 25.4. The molecule has 24 heavy (non-hydrogen) atoms.